The highest BCUT2D eigenvalue weighted by atomic mass is 16.5. The van der Waals surface area contributed by atoms with Gasteiger partial charge >= 0.3 is 0 Å². The Balaban J connectivity index is 2.31. The molecule has 0 radical (unpaired) electrons. The zero-order chi connectivity index (χ0) is 13.5. The fourth-order valence-electron chi connectivity index (χ4n) is 2.32. The third-order valence-corrected chi connectivity index (χ3v) is 3.48. The zero-order valence-electron chi connectivity index (χ0n) is 11.8. The third kappa shape index (κ3) is 4.55. The van der Waals surface area contributed by atoms with Gasteiger partial charge < -0.3 is 20.7 Å². The summed E-state index contributed by atoms with van der Waals surface area (Å²) in [6.45, 7) is 9.68. The maximum atomic E-state index is 12.0. The van der Waals surface area contributed by atoms with Crippen LogP contribution in [0.5, 0.6) is 0 Å². The predicted octanol–water partition coefficient (Wildman–Crippen LogP) is 0.339. The van der Waals surface area contributed by atoms with Crippen molar-refractivity contribution in [2.45, 2.75) is 51.9 Å². The van der Waals surface area contributed by atoms with Crippen LogP contribution >= 0.6 is 0 Å². The molecule has 0 aromatic carbocycles. The van der Waals surface area contributed by atoms with Gasteiger partial charge in [-0.1, -0.05) is 13.8 Å². The average molecular weight is 257 g/mol. The van der Waals surface area contributed by atoms with Crippen LogP contribution in [0.25, 0.3) is 0 Å². The molecule has 1 aliphatic rings. The molecule has 106 valence electrons. The van der Waals surface area contributed by atoms with Crippen molar-refractivity contribution in [1.82, 2.24) is 10.2 Å². The smallest absolute Gasteiger partial charge is 0.249 e. The highest BCUT2D eigenvalue weighted by molar-refractivity contribution is 5.81. The van der Waals surface area contributed by atoms with Crippen molar-refractivity contribution in [3.8, 4) is 0 Å². The lowest BCUT2D eigenvalue weighted by molar-refractivity contribution is -0.132. The van der Waals surface area contributed by atoms with Crippen LogP contribution in [0.1, 0.15) is 33.6 Å². The van der Waals surface area contributed by atoms with Crippen LogP contribution in [0.4, 0.5) is 0 Å². The Hall–Kier alpha value is -0.650. The summed E-state index contributed by atoms with van der Waals surface area (Å²) in [5, 5.41) is 3.02. The van der Waals surface area contributed by atoms with Gasteiger partial charge in [0.2, 0.25) is 5.91 Å². The molecular weight excluding hydrogens is 230 g/mol. The van der Waals surface area contributed by atoms with Crippen molar-refractivity contribution in [2.24, 2.45) is 5.73 Å². The third-order valence-electron chi connectivity index (χ3n) is 3.48. The maximum absolute atomic E-state index is 12.0. The minimum Gasteiger partial charge on any atom is -0.364 e. The van der Waals surface area contributed by atoms with Gasteiger partial charge in [0.15, 0.2) is 0 Å². The van der Waals surface area contributed by atoms with E-state index in [1.807, 2.05) is 6.92 Å². The van der Waals surface area contributed by atoms with E-state index in [0.29, 0.717) is 6.54 Å². The van der Waals surface area contributed by atoms with Crippen LogP contribution in [0, 0.1) is 0 Å². The van der Waals surface area contributed by atoms with Crippen molar-refractivity contribution in [3.05, 3.63) is 0 Å². The molecular formula is C13H27N3O2. The lowest BCUT2D eigenvalue weighted by atomic mass is 10.2. The molecule has 1 fully saturated rings. The number of carbonyl (C=O) groups excluding carboxylic acids is 1. The Bertz CT molecular complexity index is 257. The second-order valence-corrected chi connectivity index (χ2v) is 4.96. The fourth-order valence-corrected chi connectivity index (χ4v) is 2.32. The van der Waals surface area contributed by atoms with Crippen LogP contribution in [0.3, 0.4) is 0 Å². The number of carbonyl (C=O) groups is 1. The lowest BCUT2D eigenvalue weighted by Crippen LogP contribution is -2.45. The van der Waals surface area contributed by atoms with Gasteiger partial charge in [0.25, 0.3) is 0 Å². The Morgan fingerprint density at radius 2 is 2.11 bits per heavy atom. The molecule has 1 aliphatic heterocycles. The summed E-state index contributed by atoms with van der Waals surface area (Å²) in [5.74, 6) is 0.00519. The Kier molecular flexibility index (Phi) is 6.60. The quantitative estimate of drug-likeness (QED) is 0.690. The summed E-state index contributed by atoms with van der Waals surface area (Å²) in [7, 11) is 0. The zero-order valence-corrected chi connectivity index (χ0v) is 11.8. The van der Waals surface area contributed by atoms with Crippen molar-refractivity contribution in [2.75, 3.05) is 26.2 Å². The predicted molar refractivity (Wildman–Crippen MR) is 72.3 cm³/mol. The summed E-state index contributed by atoms with van der Waals surface area (Å²) in [4.78, 5) is 14.3. The van der Waals surface area contributed by atoms with E-state index >= 15 is 0 Å². The number of likely N-dealkylation sites (N-methyl/N-ethyl adjacent to an activating group) is 1. The first-order chi connectivity index (χ1) is 8.60. The molecule has 1 rings (SSSR count). The van der Waals surface area contributed by atoms with Crippen LogP contribution in [0.2, 0.25) is 0 Å². The summed E-state index contributed by atoms with van der Waals surface area (Å²) in [5.41, 5.74) is 5.54. The van der Waals surface area contributed by atoms with Gasteiger partial charge in [-0.3, -0.25) is 4.79 Å². The number of hydrogen-bond acceptors (Lipinski definition) is 4. The summed E-state index contributed by atoms with van der Waals surface area (Å²) < 4.78 is 5.58. The molecule has 1 saturated heterocycles. The highest BCUT2D eigenvalue weighted by Gasteiger charge is 2.30. The summed E-state index contributed by atoms with van der Waals surface area (Å²) in [6, 6.07) is 0.151. The molecule has 1 amide bonds. The van der Waals surface area contributed by atoms with Gasteiger partial charge in [0.1, 0.15) is 6.10 Å². The van der Waals surface area contributed by atoms with Crippen LogP contribution in [0.15, 0.2) is 0 Å². The van der Waals surface area contributed by atoms with Gasteiger partial charge in [-0.2, -0.15) is 0 Å². The molecule has 0 aromatic rings. The second-order valence-electron chi connectivity index (χ2n) is 4.96. The Morgan fingerprint density at radius 1 is 1.44 bits per heavy atom. The minimum atomic E-state index is -0.308. The van der Waals surface area contributed by atoms with Crippen LogP contribution in [-0.4, -0.2) is 55.2 Å². The molecule has 0 aromatic heterocycles. The molecule has 0 saturated carbocycles. The summed E-state index contributed by atoms with van der Waals surface area (Å²) in [6.07, 6.45) is 1.42. The molecule has 3 N–H and O–H groups in total. The van der Waals surface area contributed by atoms with Crippen molar-refractivity contribution >= 4 is 5.91 Å². The molecule has 0 aliphatic carbocycles. The largest absolute Gasteiger partial charge is 0.364 e. The topological polar surface area (TPSA) is 67.6 Å². The van der Waals surface area contributed by atoms with E-state index in [0.717, 1.165) is 32.5 Å². The van der Waals surface area contributed by atoms with Crippen molar-refractivity contribution in [1.29, 1.82) is 0 Å². The fraction of sp³-hybridized carbons (Fsp3) is 0.923. The van der Waals surface area contributed by atoms with E-state index in [9.17, 15) is 4.79 Å². The number of nitrogens with two attached hydrogens (primary N) is 1. The first-order valence-corrected chi connectivity index (χ1v) is 6.98. The molecule has 1 unspecified atom stereocenters. The number of ether oxygens (including phenoxy) is 1. The van der Waals surface area contributed by atoms with E-state index in [1.165, 1.54) is 0 Å². The van der Waals surface area contributed by atoms with Gasteiger partial charge in [-0.15, -0.1) is 0 Å². The maximum Gasteiger partial charge on any atom is 0.249 e. The van der Waals surface area contributed by atoms with Gasteiger partial charge in [-0.05, 0) is 32.9 Å². The number of hydrogen-bond donors (Lipinski definition) is 2. The van der Waals surface area contributed by atoms with Gasteiger partial charge in [0, 0.05) is 19.1 Å². The number of nitrogens with one attached hydrogen (secondary N) is 1. The SMILES string of the molecule is CCN(CC)CC(C)NC(=O)[C@@H]1CC[C@H](CN)O1. The van der Waals surface area contributed by atoms with E-state index in [1.54, 1.807) is 0 Å². The van der Waals surface area contributed by atoms with E-state index in [2.05, 4.69) is 24.1 Å². The number of nitrogens with zero attached hydrogens (tertiary/aromatic N) is 1. The lowest BCUT2D eigenvalue weighted by Gasteiger charge is -2.24. The molecule has 5 heteroatoms. The average Bonchev–Trinajstić information content (AvgIpc) is 2.84. The van der Waals surface area contributed by atoms with Gasteiger partial charge in [0.05, 0.1) is 6.10 Å². The molecule has 0 bridgehead atoms. The second kappa shape index (κ2) is 7.71. The van der Waals surface area contributed by atoms with E-state index in [4.69, 9.17) is 10.5 Å². The molecule has 5 nitrogen and oxygen atoms in total. The first kappa shape index (κ1) is 15.4. The van der Waals surface area contributed by atoms with E-state index in [-0.39, 0.29) is 24.2 Å². The Labute approximate surface area is 110 Å². The van der Waals surface area contributed by atoms with E-state index < -0.39 is 0 Å². The number of rotatable bonds is 7. The first-order valence-electron chi connectivity index (χ1n) is 6.98. The molecule has 3 atom stereocenters. The van der Waals surface area contributed by atoms with Crippen molar-refractivity contribution in [3.63, 3.8) is 0 Å². The molecule has 18 heavy (non-hydrogen) atoms. The number of amides is 1. The molecule has 0 spiro atoms. The summed E-state index contributed by atoms with van der Waals surface area (Å²) >= 11 is 0. The highest BCUT2D eigenvalue weighted by Crippen LogP contribution is 2.18. The van der Waals surface area contributed by atoms with Crippen LogP contribution in [-0.2, 0) is 9.53 Å². The van der Waals surface area contributed by atoms with Crippen LogP contribution < -0.4 is 11.1 Å². The minimum absolute atomic E-state index is 0.00519. The Morgan fingerprint density at radius 3 is 2.61 bits per heavy atom. The van der Waals surface area contributed by atoms with Gasteiger partial charge in [-0.25, -0.2) is 0 Å². The normalized spacial score (nSPS) is 25.4. The monoisotopic (exact) mass is 257 g/mol. The van der Waals surface area contributed by atoms with Crippen molar-refractivity contribution < 1.29 is 9.53 Å². The molecule has 1 heterocycles. The standard InChI is InChI=1S/C13H27N3O2/c1-4-16(5-2)9-10(3)15-13(17)12-7-6-11(8-14)18-12/h10-12H,4-9,14H2,1-3H3,(H,15,17)/t10?,11-,12+/m1/s1.